The van der Waals surface area contributed by atoms with Crippen molar-refractivity contribution in [1.29, 1.82) is 0 Å². The average molecular weight is 546 g/mol. The summed E-state index contributed by atoms with van der Waals surface area (Å²) in [5.41, 5.74) is 4.54. The fraction of sp³-hybridized carbons (Fsp3) is 0.267. The molecule has 0 saturated heterocycles. The highest BCUT2D eigenvalue weighted by Gasteiger charge is 2.18. The highest BCUT2D eigenvalue weighted by molar-refractivity contribution is 7.80. The smallest absolute Gasteiger partial charge is 0.253 e. The standard InChI is InChI=1S/C30H31N3O5S/c1-19-4-7-24-22(12-19)15-23(29(34)32-24)17-33(16-21-6-9-26-28(14-21)38-18-37-26)30(39)31-11-10-20-5-8-25(35-2)27(13-20)36-3/h4-9,12-15H,10-11,16-18H2,1-3H3,(H,31,39)(H,32,34). The highest BCUT2D eigenvalue weighted by Crippen LogP contribution is 2.33. The molecule has 0 fully saturated rings. The van der Waals surface area contributed by atoms with E-state index in [0.717, 1.165) is 39.8 Å². The van der Waals surface area contributed by atoms with E-state index in [1.54, 1.807) is 14.2 Å². The molecule has 202 valence electrons. The Hall–Kier alpha value is -4.24. The van der Waals surface area contributed by atoms with Gasteiger partial charge in [-0.2, -0.15) is 0 Å². The second-order valence-electron chi connectivity index (χ2n) is 9.43. The Morgan fingerprint density at radius 1 is 0.949 bits per heavy atom. The Balaban J connectivity index is 1.35. The van der Waals surface area contributed by atoms with E-state index in [1.807, 2.05) is 66.4 Å². The zero-order chi connectivity index (χ0) is 27.4. The van der Waals surface area contributed by atoms with Gasteiger partial charge in [-0.15, -0.1) is 0 Å². The zero-order valence-electron chi connectivity index (χ0n) is 22.2. The topological polar surface area (TPSA) is 85.1 Å². The monoisotopic (exact) mass is 545 g/mol. The average Bonchev–Trinajstić information content (AvgIpc) is 3.41. The number of thiocarbonyl (C=S) groups is 1. The third-order valence-electron chi connectivity index (χ3n) is 6.67. The molecule has 1 aliphatic rings. The molecular weight excluding hydrogens is 514 g/mol. The molecule has 4 aromatic rings. The molecule has 8 nitrogen and oxygen atoms in total. The minimum Gasteiger partial charge on any atom is -0.493 e. The van der Waals surface area contributed by atoms with Crippen molar-refractivity contribution in [2.45, 2.75) is 26.4 Å². The second kappa shape index (κ2) is 11.7. The molecule has 0 spiro atoms. The van der Waals surface area contributed by atoms with Crippen molar-refractivity contribution in [3.63, 3.8) is 0 Å². The number of fused-ring (bicyclic) bond motifs is 2. The number of benzene rings is 3. The molecule has 1 aromatic heterocycles. The molecule has 0 radical (unpaired) electrons. The number of rotatable bonds is 9. The van der Waals surface area contributed by atoms with Crippen LogP contribution in [-0.4, -0.2) is 42.6 Å². The van der Waals surface area contributed by atoms with Crippen LogP contribution in [0.1, 0.15) is 22.3 Å². The van der Waals surface area contributed by atoms with E-state index in [-0.39, 0.29) is 12.4 Å². The van der Waals surface area contributed by atoms with Crippen LogP contribution in [0.15, 0.2) is 65.5 Å². The minimum absolute atomic E-state index is 0.129. The Bertz CT molecular complexity index is 1570. The van der Waals surface area contributed by atoms with Gasteiger partial charge in [-0.25, -0.2) is 0 Å². The molecule has 0 aliphatic carbocycles. The molecule has 2 heterocycles. The van der Waals surface area contributed by atoms with Crippen LogP contribution < -0.4 is 29.8 Å². The number of aromatic amines is 1. The summed E-state index contributed by atoms with van der Waals surface area (Å²) in [4.78, 5) is 18.0. The van der Waals surface area contributed by atoms with Gasteiger partial charge < -0.3 is 34.1 Å². The van der Waals surface area contributed by atoms with Gasteiger partial charge in [0.05, 0.1) is 20.8 Å². The van der Waals surface area contributed by atoms with Crippen molar-refractivity contribution in [2.24, 2.45) is 0 Å². The van der Waals surface area contributed by atoms with E-state index < -0.39 is 0 Å². The first kappa shape index (κ1) is 26.4. The number of H-pyrrole nitrogens is 1. The molecule has 9 heteroatoms. The van der Waals surface area contributed by atoms with Crippen molar-refractivity contribution in [2.75, 3.05) is 27.6 Å². The molecule has 3 aromatic carbocycles. The van der Waals surface area contributed by atoms with E-state index in [9.17, 15) is 4.79 Å². The van der Waals surface area contributed by atoms with Gasteiger partial charge in [0.15, 0.2) is 28.1 Å². The molecule has 39 heavy (non-hydrogen) atoms. The summed E-state index contributed by atoms with van der Waals surface area (Å²) in [6.07, 6.45) is 0.730. The zero-order valence-corrected chi connectivity index (χ0v) is 23.0. The second-order valence-corrected chi connectivity index (χ2v) is 9.82. The van der Waals surface area contributed by atoms with E-state index >= 15 is 0 Å². The van der Waals surface area contributed by atoms with E-state index in [4.69, 9.17) is 31.2 Å². The number of hydrogen-bond acceptors (Lipinski definition) is 6. The number of aryl methyl sites for hydroxylation is 1. The summed E-state index contributed by atoms with van der Waals surface area (Å²) in [6.45, 7) is 3.69. The van der Waals surface area contributed by atoms with Crippen LogP contribution in [-0.2, 0) is 19.5 Å². The normalized spacial score (nSPS) is 11.9. The number of hydrogen-bond donors (Lipinski definition) is 2. The molecule has 0 atom stereocenters. The SMILES string of the molecule is COc1ccc(CCNC(=S)N(Cc2ccc3c(c2)OCO3)Cc2cc3cc(C)ccc3[nH]c2=O)cc1OC. The van der Waals surface area contributed by atoms with Gasteiger partial charge in [0.1, 0.15) is 0 Å². The van der Waals surface area contributed by atoms with Gasteiger partial charge in [0, 0.05) is 24.2 Å². The maximum Gasteiger partial charge on any atom is 0.253 e. The van der Waals surface area contributed by atoms with Gasteiger partial charge in [-0.3, -0.25) is 4.79 Å². The van der Waals surface area contributed by atoms with Gasteiger partial charge in [0.25, 0.3) is 5.56 Å². The van der Waals surface area contributed by atoms with Crippen molar-refractivity contribution in [3.05, 3.63) is 93.3 Å². The first-order valence-corrected chi connectivity index (χ1v) is 13.1. The first-order valence-electron chi connectivity index (χ1n) is 12.7. The summed E-state index contributed by atoms with van der Waals surface area (Å²) in [5.74, 6) is 2.81. The van der Waals surface area contributed by atoms with Crippen molar-refractivity contribution < 1.29 is 18.9 Å². The fourth-order valence-electron chi connectivity index (χ4n) is 4.62. The number of nitrogens with zero attached hydrogens (tertiary/aromatic N) is 1. The van der Waals surface area contributed by atoms with Gasteiger partial charge in [-0.1, -0.05) is 23.8 Å². The van der Waals surface area contributed by atoms with E-state index in [1.165, 1.54) is 0 Å². The van der Waals surface area contributed by atoms with Crippen LogP contribution in [0, 0.1) is 6.92 Å². The third kappa shape index (κ3) is 6.09. The van der Waals surface area contributed by atoms with Crippen LogP contribution in [0.4, 0.5) is 0 Å². The number of ether oxygens (including phenoxy) is 4. The lowest BCUT2D eigenvalue weighted by Gasteiger charge is -2.26. The quantitative estimate of drug-likeness (QED) is 0.293. The van der Waals surface area contributed by atoms with Crippen LogP contribution in [0.25, 0.3) is 10.9 Å². The molecule has 1 aliphatic heterocycles. The predicted molar refractivity (Wildman–Crippen MR) is 155 cm³/mol. The number of nitrogens with one attached hydrogen (secondary N) is 2. The number of methoxy groups -OCH3 is 2. The van der Waals surface area contributed by atoms with Crippen LogP contribution in [0.5, 0.6) is 23.0 Å². The van der Waals surface area contributed by atoms with Gasteiger partial charge >= 0.3 is 0 Å². The minimum atomic E-state index is -0.129. The largest absolute Gasteiger partial charge is 0.493 e. The van der Waals surface area contributed by atoms with E-state index in [2.05, 4.69) is 16.4 Å². The summed E-state index contributed by atoms with van der Waals surface area (Å²) < 4.78 is 21.8. The maximum atomic E-state index is 13.0. The van der Waals surface area contributed by atoms with Crippen LogP contribution in [0.2, 0.25) is 0 Å². The molecule has 0 bridgehead atoms. The highest BCUT2D eigenvalue weighted by atomic mass is 32.1. The molecule has 0 unspecified atom stereocenters. The van der Waals surface area contributed by atoms with Crippen molar-refractivity contribution in [3.8, 4) is 23.0 Å². The van der Waals surface area contributed by atoms with Crippen molar-refractivity contribution in [1.82, 2.24) is 15.2 Å². The van der Waals surface area contributed by atoms with Gasteiger partial charge in [-0.05, 0) is 84.5 Å². The van der Waals surface area contributed by atoms with Crippen LogP contribution in [0.3, 0.4) is 0 Å². The summed E-state index contributed by atoms with van der Waals surface area (Å²) in [6, 6.07) is 19.6. The van der Waals surface area contributed by atoms with Crippen molar-refractivity contribution >= 4 is 28.2 Å². The lowest BCUT2D eigenvalue weighted by Crippen LogP contribution is -2.40. The summed E-state index contributed by atoms with van der Waals surface area (Å²) in [7, 11) is 3.24. The molecular formula is C30H31N3O5S. The Morgan fingerprint density at radius 3 is 2.56 bits per heavy atom. The Labute approximate surface area is 232 Å². The lowest BCUT2D eigenvalue weighted by molar-refractivity contribution is 0.174. The van der Waals surface area contributed by atoms with Crippen LogP contribution >= 0.6 is 12.2 Å². The maximum absolute atomic E-state index is 13.0. The fourth-order valence-corrected chi connectivity index (χ4v) is 4.85. The number of pyridine rings is 1. The molecule has 0 saturated carbocycles. The predicted octanol–water partition coefficient (Wildman–Crippen LogP) is 4.70. The Morgan fingerprint density at radius 2 is 1.74 bits per heavy atom. The first-order chi connectivity index (χ1) is 18.9. The third-order valence-corrected chi connectivity index (χ3v) is 7.08. The van der Waals surface area contributed by atoms with E-state index in [0.29, 0.717) is 47.6 Å². The molecule has 5 rings (SSSR count). The molecule has 0 amide bonds. The lowest BCUT2D eigenvalue weighted by atomic mass is 10.1. The Kier molecular flexibility index (Phi) is 7.88. The summed E-state index contributed by atoms with van der Waals surface area (Å²) in [5, 5.41) is 4.91. The summed E-state index contributed by atoms with van der Waals surface area (Å²) >= 11 is 5.84. The number of aromatic nitrogens is 1. The van der Waals surface area contributed by atoms with Gasteiger partial charge in [0.2, 0.25) is 6.79 Å². The molecule has 2 N–H and O–H groups in total.